The minimum atomic E-state index is -0.432. The second-order valence-corrected chi connectivity index (χ2v) is 6.15. The lowest BCUT2D eigenvalue weighted by atomic mass is 10.1. The Balaban J connectivity index is 2.32. The van der Waals surface area contributed by atoms with Gasteiger partial charge in [0.25, 0.3) is 5.91 Å². The number of halogens is 3. The first-order chi connectivity index (χ1) is 9.92. The minimum absolute atomic E-state index is 0.357. The highest BCUT2D eigenvalue weighted by Gasteiger charge is 2.15. The molecule has 0 spiro atoms. The number of nitrogens with one attached hydrogen (secondary N) is 1. The summed E-state index contributed by atoms with van der Waals surface area (Å²) in [5, 5.41) is 2.69. The minimum Gasteiger partial charge on any atom is -0.496 e. The van der Waals surface area contributed by atoms with Crippen molar-refractivity contribution in [2.24, 2.45) is 0 Å². The standard InChI is InChI=1S/C15H12Br2FNO2/c1-8-5-11(17)12(18)7-13(8)19-15(20)10-4-3-9(16)6-14(10)21-2/h3-7H,1-2H3,(H,19,20). The van der Waals surface area contributed by atoms with Crippen LogP contribution in [-0.4, -0.2) is 13.0 Å². The maximum atomic E-state index is 13.6. The largest absolute Gasteiger partial charge is 0.496 e. The van der Waals surface area contributed by atoms with Crippen molar-refractivity contribution in [3.05, 3.63) is 56.2 Å². The van der Waals surface area contributed by atoms with Gasteiger partial charge in [0.05, 0.1) is 17.1 Å². The van der Waals surface area contributed by atoms with Crippen molar-refractivity contribution in [2.45, 2.75) is 6.92 Å². The Morgan fingerprint density at radius 3 is 2.62 bits per heavy atom. The number of amides is 1. The molecule has 0 aliphatic carbocycles. The van der Waals surface area contributed by atoms with Crippen LogP contribution in [0.1, 0.15) is 15.9 Å². The van der Waals surface area contributed by atoms with Gasteiger partial charge >= 0.3 is 0 Å². The lowest BCUT2D eigenvalue weighted by Gasteiger charge is -2.12. The molecule has 6 heteroatoms. The van der Waals surface area contributed by atoms with Crippen LogP contribution in [0.5, 0.6) is 5.75 Å². The predicted octanol–water partition coefficient (Wildman–Crippen LogP) is 4.92. The van der Waals surface area contributed by atoms with Crippen molar-refractivity contribution >= 4 is 43.5 Å². The van der Waals surface area contributed by atoms with Gasteiger partial charge in [-0.1, -0.05) is 15.9 Å². The van der Waals surface area contributed by atoms with Gasteiger partial charge in [-0.05, 0) is 58.7 Å². The van der Waals surface area contributed by atoms with E-state index in [9.17, 15) is 9.18 Å². The summed E-state index contributed by atoms with van der Waals surface area (Å²) in [6.07, 6.45) is 0. The summed E-state index contributed by atoms with van der Waals surface area (Å²) in [6.45, 7) is 1.79. The van der Waals surface area contributed by atoms with Gasteiger partial charge < -0.3 is 10.1 Å². The predicted molar refractivity (Wildman–Crippen MR) is 87.5 cm³/mol. The lowest BCUT2D eigenvalue weighted by Crippen LogP contribution is -2.14. The van der Waals surface area contributed by atoms with Crippen LogP contribution >= 0.6 is 31.9 Å². The maximum Gasteiger partial charge on any atom is 0.259 e. The number of anilines is 1. The second kappa shape index (κ2) is 6.58. The molecule has 0 saturated heterocycles. The molecule has 0 unspecified atom stereocenters. The quantitative estimate of drug-likeness (QED) is 0.771. The molecule has 0 aromatic heterocycles. The molecular formula is C15H12Br2FNO2. The van der Waals surface area contributed by atoms with Crippen LogP contribution in [-0.2, 0) is 0 Å². The van der Waals surface area contributed by atoms with E-state index in [0.29, 0.717) is 21.5 Å². The third-order valence-electron chi connectivity index (χ3n) is 2.92. The Morgan fingerprint density at radius 2 is 1.95 bits per heavy atom. The van der Waals surface area contributed by atoms with Crippen molar-refractivity contribution in [1.29, 1.82) is 0 Å². The smallest absolute Gasteiger partial charge is 0.259 e. The number of hydrogen-bond donors (Lipinski definition) is 1. The number of aryl methyl sites for hydroxylation is 1. The molecule has 0 bridgehead atoms. The topological polar surface area (TPSA) is 38.3 Å². The van der Waals surface area contributed by atoms with Gasteiger partial charge in [-0.15, -0.1) is 0 Å². The normalized spacial score (nSPS) is 10.3. The van der Waals surface area contributed by atoms with Gasteiger partial charge in [0.15, 0.2) is 0 Å². The van der Waals surface area contributed by atoms with Gasteiger partial charge in [0.1, 0.15) is 11.6 Å². The van der Waals surface area contributed by atoms with E-state index in [0.717, 1.165) is 10.0 Å². The summed E-state index contributed by atoms with van der Waals surface area (Å²) < 4.78 is 19.9. The summed E-state index contributed by atoms with van der Waals surface area (Å²) in [6, 6.07) is 7.98. The number of carbonyl (C=O) groups excluding carboxylic acids is 1. The number of benzene rings is 2. The molecular weight excluding hydrogens is 405 g/mol. The van der Waals surface area contributed by atoms with Crippen LogP contribution in [0.2, 0.25) is 0 Å². The number of rotatable bonds is 3. The molecule has 0 fully saturated rings. The van der Waals surface area contributed by atoms with E-state index in [1.54, 1.807) is 31.2 Å². The Labute approximate surface area is 138 Å². The van der Waals surface area contributed by atoms with E-state index in [1.807, 2.05) is 0 Å². The van der Waals surface area contributed by atoms with Crippen LogP contribution in [0, 0.1) is 12.7 Å². The number of ether oxygens (including phenoxy) is 1. The molecule has 0 radical (unpaired) electrons. The Kier molecular flexibility index (Phi) is 5.00. The van der Waals surface area contributed by atoms with Crippen molar-refractivity contribution in [3.63, 3.8) is 0 Å². The van der Waals surface area contributed by atoms with E-state index >= 15 is 0 Å². The monoisotopic (exact) mass is 415 g/mol. The van der Waals surface area contributed by atoms with Gasteiger partial charge in [-0.25, -0.2) is 4.39 Å². The van der Waals surface area contributed by atoms with E-state index in [1.165, 1.54) is 13.2 Å². The fourth-order valence-corrected chi connectivity index (χ4v) is 2.62. The molecule has 2 aromatic rings. The van der Waals surface area contributed by atoms with Crippen LogP contribution in [0.25, 0.3) is 0 Å². The molecule has 3 nitrogen and oxygen atoms in total. The molecule has 1 amide bonds. The molecule has 0 saturated carbocycles. The molecule has 0 aliphatic heterocycles. The highest BCUT2D eigenvalue weighted by atomic mass is 79.9. The van der Waals surface area contributed by atoms with Gasteiger partial charge in [-0.2, -0.15) is 0 Å². The third-order valence-corrected chi connectivity index (χ3v) is 4.02. The Bertz CT molecular complexity index is 704. The van der Waals surface area contributed by atoms with Gasteiger partial charge in [-0.3, -0.25) is 4.79 Å². The Hall–Kier alpha value is -1.40. The highest BCUT2D eigenvalue weighted by molar-refractivity contribution is 9.10. The van der Waals surface area contributed by atoms with Crippen LogP contribution in [0.3, 0.4) is 0 Å². The summed E-state index contributed by atoms with van der Waals surface area (Å²) in [5.41, 5.74) is 1.56. The van der Waals surface area contributed by atoms with Crippen molar-refractivity contribution in [1.82, 2.24) is 0 Å². The zero-order valence-corrected chi connectivity index (χ0v) is 14.5. The summed E-state index contributed by atoms with van der Waals surface area (Å²) in [7, 11) is 1.49. The first-order valence-electron chi connectivity index (χ1n) is 6.03. The summed E-state index contributed by atoms with van der Waals surface area (Å²) >= 11 is 6.42. The lowest BCUT2D eigenvalue weighted by molar-refractivity contribution is 0.102. The zero-order chi connectivity index (χ0) is 15.6. The summed E-state index contributed by atoms with van der Waals surface area (Å²) in [5.74, 6) is -0.347. The van der Waals surface area contributed by atoms with E-state index < -0.39 is 5.82 Å². The van der Waals surface area contributed by atoms with E-state index in [2.05, 4.69) is 37.2 Å². The first-order valence-corrected chi connectivity index (χ1v) is 7.61. The van der Waals surface area contributed by atoms with Crippen molar-refractivity contribution < 1.29 is 13.9 Å². The number of carbonyl (C=O) groups is 1. The van der Waals surface area contributed by atoms with Gasteiger partial charge in [0.2, 0.25) is 0 Å². The molecule has 21 heavy (non-hydrogen) atoms. The van der Waals surface area contributed by atoms with Gasteiger partial charge in [0, 0.05) is 10.2 Å². The molecule has 0 atom stereocenters. The van der Waals surface area contributed by atoms with E-state index in [-0.39, 0.29) is 5.91 Å². The highest BCUT2D eigenvalue weighted by Crippen LogP contribution is 2.27. The van der Waals surface area contributed by atoms with Crippen molar-refractivity contribution in [2.75, 3.05) is 12.4 Å². The zero-order valence-electron chi connectivity index (χ0n) is 11.3. The SMILES string of the molecule is COc1cc(Br)ccc1C(=O)Nc1cc(F)c(Br)cc1C. The number of hydrogen-bond acceptors (Lipinski definition) is 2. The van der Waals surface area contributed by atoms with Crippen LogP contribution < -0.4 is 10.1 Å². The molecule has 0 heterocycles. The molecule has 110 valence electrons. The molecule has 1 N–H and O–H groups in total. The first kappa shape index (κ1) is 16.0. The molecule has 0 aliphatic rings. The molecule has 2 aromatic carbocycles. The summed E-state index contributed by atoms with van der Waals surface area (Å²) in [4.78, 5) is 12.3. The van der Waals surface area contributed by atoms with Crippen molar-refractivity contribution in [3.8, 4) is 5.75 Å². The van der Waals surface area contributed by atoms with Crippen LogP contribution in [0.4, 0.5) is 10.1 Å². The number of methoxy groups -OCH3 is 1. The average Bonchev–Trinajstić information content (AvgIpc) is 2.44. The van der Waals surface area contributed by atoms with Crippen LogP contribution in [0.15, 0.2) is 39.3 Å². The third kappa shape index (κ3) is 3.63. The molecule has 2 rings (SSSR count). The Morgan fingerprint density at radius 1 is 1.24 bits per heavy atom. The maximum absolute atomic E-state index is 13.6. The fraction of sp³-hybridized carbons (Fsp3) is 0.133. The average molecular weight is 417 g/mol. The second-order valence-electron chi connectivity index (χ2n) is 4.38. The fourth-order valence-electron chi connectivity index (χ4n) is 1.82. The van der Waals surface area contributed by atoms with E-state index in [4.69, 9.17) is 4.74 Å².